The first-order valence-electron chi connectivity index (χ1n) is 4.55. The molecule has 0 aliphatic heterocycles. The fourth-order valence-electron chi connectivity index (χ4n) is 1.15. The third-order valence-corrected chi connectivity index (χ3v) is 1.92. The Morgan fingerprint density at radius 3 is 3.15 bits per heavy atom. The average Bonchev–Trinajstić information content (AvgIpc) is 2.65. The topological polar surface area (TPSA) is 25.2 Å². The van der Waals surface area contributed by atoms with Crippen LogP contribution in [0.15, 0.2) is 22.8 Å². The lowest BCUT2D eigenvalue weighted by Gasteiger charge is -2.09. The second kappa shape index (κ2) is 5.45. The third-order valence-electron chi connectivity index (χ3n) is 1.92. The van der Waals surface area contributed by atoms with E-state index in [0.29, 0.717) is 0 Å². The van der Waals surface area contributed by atoms with Crippen molar-refractivity contribution in [3.8, 4) is 12.3 Å². The molecule has 2 nitrogen and oxygen atoms in total. The summed E-state index contributed by atoms with van der Waals surface area (Å²) < 4.78 is 5.25. The molecule has 0 fully saturated rings. The van der Waals surface area contributed by atoms with Gasteiger partial charge in [0.05, 0.1) is 12.3 Å². The van der Waals surface area contributed by atoms with Crippen molar-refractivity contribution < 1.29 is 4.42 Å². The molecule has 1 rings (SSSR count). The van der Waals surface area contributed by atoms with Gasteiger partial charge in [-0.2, -0.15) is 0 Å². The van der Waals surface area contributed by atoms with Crippen LogP contribution in [0.3, 0.4) is 0 Å². The van der Waals surface area contributed by atoms with Gasteiger partial charge in [0.25, 0.3) is 0 Å². The first-order chi connectivity index (χ1) is 6.34. The highest BCUT2D eigenvalue weighted by molar-refractivity contribution is 5.02. The van der Waals surface area contributed by atoms with Crippen LogP contribution in [0.2, 0.25) is 0 Å². The van der Waals surface area contributed by atoms with Crippen molar-refractivity contribution in [3.05, 3.63) is 24.2 Å². The summed E-state index contributed by atoms with van der Waals surface area (Å²) in [7, 11) is 0. The first kappa shape index (κ1) is 9.88. The molecule has 0 aliphatic rings. The smallest absolute Gasteiger partial charge is 0.120 e. The Morgan fingerprint density at radius 2 is 2.54 bits per heavy atom. The van der Waals surface area contributed by atoms with Crippen molar-refractivity contribution in [2.24, 2.45) is 0 Å². The summed E-state index contributed by atoms with van der Waals surface area (Å²) in [4.78, 5) is 0. The predicted octanol–water partition coefficient (Wildman–Crippen LogP) is 2.34. The zero-order valence-corrected chi connectivity index (χ0v) is 7.92. The highest BCUT2D eigenvalue weighted by Gasteiger charge is 2.05. The number of unbranched alkanes of at least 4 members (excludes halogenated alkanes) is 1. The molecule has 0 radical (unpaired) electrons. The average molecular weight is 177 g/mol. The molecule has 2 heteroatoms. The first-order valence-corrected chi connectivity index (χ1v) is 4.55. The molecule has 70 valence electrons. The molecule has 13 heavy (non-hydrogen) atoms. The number of rotatable bonds is 5. The zero-order valence-electron chi connectivity index (χ0n) is 7.92. The maximum Gasteiger partial charge on any atom is 0.120 e. The lowest BCUT2D eigenvalue weighted by Crippen LogP contribution is -2.19. The molecule has 0 spiro atoms. The van der Waals surface area contributed by atoms with Gasteiger partial charge < -0.3 is 9.73 Å². The molecule has 1 aromatic heterocycles. The van der Waals surface area contributed by atoms with Crippen molar-refractivity contribution in [1.82, 2.24) is 5.32 Å². The highest BCUT2D eigenvalue weighted by Crippen LogP contribution is 2.11. The van der Waals surface area contributed by atoms with E-state index < -0.39 is 0 Å². The maximum atomic E-state index is 5.25. The monoisotopic (exact) mass is 177 g/mol. The normalized spacial score (nSPS) is 12.3. The van der Waals surface area contributed by atoms with Gasteiger partial charge in [-0.3, -0.25) is 0 Å². The van der Waals surface area contributed by atoms with Gasteiger partial charge in [0.15, 0.2) is 0 Å². The molecule has 1 N–H and O–H groups in total. The van der Waals surface area contributed by atoms with E-state index in [-0.39, 0.29) is 6.04 Å². The Balaban J connectivity index is 2.19. The molecule has 1 atom stereocenters. The molecule has 0 saturated heterocycles. The van der Waals surface area contributed by atoms with Gasteiger partial charge in [-0.1, -0.05) is 0 Å². The largest absolute Gasteiger partial charge is 0.468 e. The van der Waals surface area contributed by atoms with Crippen LogP contribution < -0.4 is 5.32 Å². The van der Waals surface area contributed by atoms with Gasteiger partial charge in [-0.05, 0) is 32.0 Å². The zero-order chi connectivity index (χ0) is 9.52. The molecule has 0 bridgehead atoms. The summed E-state index contributed by atoms with van der Waals surface area (Å²) >= 11 is 0. The minimum Gasteiger partial charge on any atom is -0.468 e. The molecule has 0 aromatic carbocycles. The molecule has 0 amide bonds. The van der Waals surface area contributed by atoms with Gasteiger partial charge >= 0.3 is 0 Å². The lowest BCUT2D eigenvalue weighted by molar-refractivity contribution is 0.430. The Labute approximate surface area is 79.3 Å². The van der Waals surface area contributed by atoms with E-state index >= 15 is 0 Å². The van der Waals surface area contributed by atoms with Crippen LogP contribution in [-0.2, 0) is 0 Å². The van der Waals surface area contributed by atoms with Crippen LogP contribution in [0.1, 0.15) is 31.6 Å². The van der Waals surface area contributed by atoms with Crippen molar-refractivity contribution in [2.75, 3.05) is 6.54 Å². The van der Waals surface area contributed by atoms with Gasteiger partial charge in [-0.15, -0.1) is 12.3 Å². The number of hydrogen-bond acceptors (Lipinski definition) is 2. The summed E-state index contributed by atoms with van der Waals surface area (Å²) in [5, 5.41) is 3.33. The van der Waals surface area contributed by atoms with Crippen LogP contribution in [-0.4, -0.2) is 6.54 Å². The van der Waals surface area contributed by atoms with Crippen LogP contribution in [0.5, 0.6) is 0 Å². The van der Waals surface area contributed by atoms with Crippen molar-refractivity contribution >= 4 is 0 Å². The van der Waals surface area contributed by atoms with Gasteiger partial charge in [0, 0.05) is 6.42 Å². The van der Waals surface area contributed by atoms with Crippen molar-refractivity contribution in [3.63, 3.8) is 0 Å². The van der Waals surface area contributed by atoms with Crippen LogP contribution in [0, 0.1) is 12.3 Å². The fraction of sp³-hybridized carbons (Fsp3) is 0.455. The maximum absolute atomic E-state index is 5.25. The number of nitrogens with one attached hydrogen (secondary N) is 1. The number of furan rings is 1. The van der Waals surface area contributed by atoms with Crippen molar-refractivity contribution in [2.45, 2.75) is 25.8 Å². The lowest BCUT2D eigenvalue weighted by atomic mass is 10.2. The highest BCUT2D eigenvalue weighted by atomic mass is 16.3. The van der Waals surface area contributed by atoms with Gasteiger partial charge in [0.1, 0.15) is 5.76 Å². The summed E-state index contributed by atoms with van der Waals surface area (Å²) in [5.74, 6) is 3.59. The fourth-order valence-corrected chi connectivity index (χ4v) is 1.15. The second-order valence-electron chi connectivity index (χ2n) is 3.00. The number of hydrogen-bond donors (Lipinski definition) is 1. The Bertz CT molecular complexity index is 258. The van der Waals surface area contributed by atoms with E-state index in [1.165, 1.54) is 0 Å². The van der Waals surface area contributed by atoms with Crippen LogP contribution >= 0.6 is 0 Å². The number of terminal acetylenes is 1. The van der Waals surface area contributed by atoms with E-state index in [4.69, 9.17) is 10.8 Å². The van der Waals surface area contributed by atoms with E-state index in [0.717, 1.165) is 25.1 Å². The predicted molar refractivity (Wildman–Crippen MR) is 53.2 cm³/mol. The van der Waals surface area contributed by atoms with E-state index in [2.05, 4.69) is 18.2 Å². The molecule has 0 saturated carbocycles. The quantitative estimate of drug-likeness (QED) is 0.551. The molecule has 0 unspecified atom stereocenters. The van der Waals surface area contributed by atoms with Crippen LogP contribution in [0.25, 0.3) is 0 Å². The Kier molecular flexibility index (Phi) is 4.14. The minimum absolute atomic E-state index is 0.271. The summed E-state index contributed by atoms with van der Waals surface area (Å²) in [6.07, 6.45) is 8.68. The second-order valence-corrected chi connectivity index (χ2v) is 3.00. The minimum atomic E-state index is 0.271. The third kappa shape index (κ3) is 3.35. The molecule has 1 aromatic rings. The summed E-state index contributed by atoms with van der Waals surface area (Å²) in [6.45, 7) is 3.01. The molecular weight excluding hydrogens is 162 g/mol. The SMILES string of the molecule is C#CCCCN[C@@H](C)c1ccco1. The Hall–Kier alpha value is -1.20. The van der Waals surface area contributed by atoms with E-state index in [9.17, 15) is 0 Å². The van der Waals surface area contributed by atoms with Gasteiger partial charge in [-0.25, -0.2) is 0 Å². The summed E-state index contributed by atoms with van der Waals surface area (Å²) in [6, 6.07) is 4.14. The van der Waals surface area contributed by atoms with Crippen LogP contribution in [0.4, 0.5) is 0 Å². The van der Waals surface area contributed by atoms with E-state index in [1.807, 2.05) is 12.1 Å². The Morgan fingerprint density at radius 1 is 1.69 bits per heavy atom. The van der Waals surface area contributed by atoms with E-state index in [1.54, 1.807) is 6.26 Å². The summed E-state index contributed by atoms with van der Waals surface area (Å²) in [5.41, 5.74) is 0. The standard InChI is InChI=1S/C11H15NO/c1-3-4-5-8-12-10(2)11-7-6-9-13-11/h1,6-7,9-10,12H,4-5,8H2,2H3/t10-/m0/s1. The van der Waals surface area contributed by atoms with Crippen molar-refractivity contribution in [1.29, 1.82) is 0 Å². The van der Waals surface area contributed by atoms with Gasteiger partial charge in [0.2, 0.25) is 0 Å². The molecule has 0 aliphatic carbocycles. The molecular formula is C11H15NO. The molecule has 1 heterocycles.